The van der Waals surface area contributed by atoms with Crippen LogP contribution in [0.25, 0.3) is 144 Å². The third-order valence-corrected chi connectivity index (χ3v) is 13.5. The van der Waals surface area contributed by atoms with Crippen LogP contribution in [0.3, 0.4) is 0 Å². The SMILES string of the molecule is c1ccc(-c2nc(-c3ccc(-c4cccc(-c5cc(-c6ccc7oc8ccccc8c7c6)cc(-c6ccc7oc8ccccc8c7c6)c5)c4)cc3)cc(-c3ccc4oc5ccccc5c4c3)n2)cc1. The Balaban J connectivity index is 0.854. The molecule has 0 saturated carbocycles. The molecule has 5 heteroatoms. The molecule has 4 aromatic heterocycles. The maximum atomic E-state index is 6.24. The second-order valence-corrected chi connectivity index (χ2v) is 17.7. The number of para-hydroxylation sites is 3. The van der Waals surface area contributed by atoms with Gasteiger partial charge in [0.2, 0.25) is 0 Å². The third-order valence-electron chi connectivity index (χ3n) is 13.5. The van der Waals surface area contributed by atoms with Crippen molar-refractivity contribution in [2.24, 2.45) is 0 Å². The maximum absolute atomic E-state index is 6.24. The Kier molecular flexibility index (Phi) is 8.83. The van der Waals surface area contributed by atoms with Gasteiger partial charge in [-0.25, -0.2) is 9.97 Å². The lowest BCUT2D eigenvalue weighted by molar-refractivity contribution is 0.668. The van der Waals surface area contributed by atoms with Crippen molar-refractivity contribution in [2.75, 3.05) is 0 Å². The van der Waals surface area contributed by atoms with Gasteiger partial charge in [0, 0.05) is 49.0 Å². The van der Waals surface area contributed by atoms with Crippen molar-refractivity contribution < 1.29 is 13.3 Å². The second-order valence-electron chi connectivity index (χ2n) is 17.7. The van der Waals surface area contributed by atoms with Crippen molar-refractivity contribution in [3.63, 3.8) is 0 Å². The van der Waals surface area contributed by atoms with Gasteiger partial charge in [0.05, 0.1) is 11.4 Å². The van der Waals surface area contributed by atoms with Crippen LogP contribution in [0, 0.1) is 0 Å². The molecule has 0 amide bonds. The lowest BCUT2D eigenvalue weighted by Crippen LogP contribution is -1.96. The zero-order valence-corrected chi connectivity index (χ0v) is 37.1. The molecule has 322 valence electrons. The minimum atomic E-state index is 0.676. The van der Waals surface area contributed by atoms with Gasteiger partial charge in [-0.3, -0.25) is 0 Å². The van der Waals surface area contributed by atoms with E-state index in [-0.39, 0.29) is 0 Å². The zero-order chi connectivity index (χ0) is 45.4. The van der Waals surface area contributed by atoms with E-state index in [9.17, 15) is 0 Å². The number of benzene rings is 10. The topological polar surface area (TPSA) is 65.2 Å². The molecule has 0 aliphatic heterocycles. The summed E-state index contributed by atoms with van der Waals surface area (Å²) in [4.78, 5) is 10.3. The summed E-state index contributed by atoms with van der Waals surface area (Å²) in [7, 11) is 0. The molecule has 10 aromatic carbocycles. The Morgan fingerprint density at radius 2 is 0.551 bits per heavy atom. The van der Waals surface area contributed by atoms with Crippen molar-refractivity contribution in [1.82, 2.24) is 9.97 Å². The molecule has 5 nitrogen and oxygen atoms in total. The molecule has 0 atom stereocenters. The summed E-state index contributed by atoms with van der Waals surface area (Å²) in [6, 6.07) is 80.8. The fraction of sp³-hybridized carbons (Fsp3) is 0. The zero-order valence-electron chi connectivity index (χ0n) is 37.1. The molecule has 69 heavy (non-hydrogen) atoms. The number of hydrogen-bond donors (Lipinski definition) is 0. The van der Waals surface area contributed by atoms with Crippen LogP contribution in [0.1, 0.15) is 0 Å². The minimum absolute atomic E-state index is 0.676. The lowest BCUT2D eigenvalue weighted by atomic mass is 9.91. The van der Waals surface area contributed by atoms with Crippen LogP contribution in [-0.4, -0.2) is 9.97 Å². The highest BCUT2D eigenvalue weighted by Crippen LogP contribution is 2.40. The monoisotopic (exact) mass is 882 g/mol. The van der Waals surface area contributed by atoms with E-state index in [2.05, 4.69) is 164 Å². The molecule has 0 aliphatic carbocycles. The van der Waals surface area contributed by atoms with Crippen LogP contribution >= 0.6 is 0 Å². The molecule has 0 saturated heterocycles. The third kappa shape index (κ3) is 6.79. The molecule has 0 N–H and O–H groups in total. The van der Waals surface area contributed by atoms with Gasteiger partial charge in [-0.1, -0.05) is 140 Å². The quantitative estimate of drug-likeness (QED) is 0.160. The Hall–Kier alpha value is -9.32. The number of hydrogen-bond acceptors (Lipinski definition) is 5. The molecule has 14 aromatic rings. The summed E-state index contributed by atoms with van der Waals surface area (Å²) < 4.78 is 18.6. The van der Waals surface area contributed by atoms with E-state index in [1.54, 1.807) is 0 Å². The molecular formula is C64H38N2O3. The standard InChI is InChI=1S/C64H38N2O3/c1-2-11-41(12-3-1)64-65-56(38-57(66-64)46-27-30-63-55(37-46)52-17-6-9-20-60(52)69-63)40-23-21-39(22-24-40)42-13-10-14-43(31-42)47-32-48(44-25-28-61-53(35-44)50-15-4-7-18-58(50)67-61)34-49(33-47)45-26-29-62-54(36-45)51-16-5-8-19-59(51)68-62/h1-38H. The van der Waals surface area contributed by atoms with Gasteiger partial charge < -0.3 is 13.3 Å². The largest absolute Gasteiger partial charge is 0.456 e. The van der Waals surface area contributed by atoms with Crippen LogP contribution in [0.4, 0.5) is 0 Å². The number of rotatable bonds is 7. The summed E-state index contributed by atoms with van der Waals surface area (Å²) >= 11 is 0. The molecule has 0 radical (unpaired) electrons. The smallest absolute Gasteiger partial charge is 0.160 e. The van der Waals surface area contributed by atoms with Crippen molar-refractivity contribution in [3.05, 3.63) is 231 Å². The highest BCUT2D eigenvalue weighted by atomic mass is 16.3. The second kappa shape index (κ2) is 15.7. The molecule has 4 heterocycles. The lowest BCUT2D eigenvalue weighted by Gasteiger charge is -2.13. The molecule has 14 rings (SSSR count). The average molecular weight is 883 g/mol. The Morgan fingerprint density at radius 1 is 0.203 bits per heavy atom. The van der Waals surface area contributed by atoms with Crippen LogP contribution < -0.4 is 0 Å². The Labute approximate surface area is 396 Å². The van der Waals surface area contributed by atoms with Crippen molar-refractivity contribution >= 4 is 65.8 Å². The first kappa shape index (κ1) is 38.9. The van der Waals surface area contributed by atoms with Gasteiger partial charge in [-0.15, -0.1) is 0 Å². The van der Waals surface area contributed by atoms with E-state index >= 15 is 0 Å². The number of nitrogens with zero attached hydrogens (tertiary/aromatic N) is 2. The highest BCUT2D eigenvalue weighted by Gasteiger charge is 2.16. The summed E-state index contributed by atoms with van der Waals surface area (Å²) in [5.41, 5.74) is 18.9. The van der Waals surface area contributed by atoms with Gasteiger partial charge >= 0.3 is 0 Å². The highest BCUT2D eigenvalue weighted by molar-refractivity contribution is 6.08. The predicted octanol–water partition coefficient (Wildman–Crippen LogP) is 17.8. The summed E-state index contributed by atoms with van der Waals surface area (Å²) in [6.45, 7) is 0. The van der Waals surface area contributed by atoms with Crippen LogP contribution in [0.15, 0.2) is 244 Å². The summed E-state index contributed by atoms with van der Waals surface area (Å²) in [5.74, 6) is 0.676. The molecule has 0 bridgehead atoms. The summed E-state index contributed by atoms with van der Waals surface area (Å²) in [5, 5.41) is 6.57. The minimum Gasteiger partial charge on any atom is -0.456 e. The fourth-order valence-corrected chi connectivity index (χ4v) is 10.00. The van der Waals surface area contributed by atoms with E-state index in [0.717, 1.165) is 138 Å². The van der Waals surface area contributed by atoms with E-state index < -0.39 is 0 Å². The predicted molar refractivity (Wildman–Crippen MR) is 282 cm³/mol. The summed E-state index contributed by atoms with van der Waals surface area (Å²) in [6.07, 6.45) is 0. The molecule has 0 unspecified atom stereocenters. The van der Waals surface area contributed by atoms with Gasteiger partial charge in [-0.2, -0.15) is 0 Å². The molecule has 0 aliphatic rings. The first-order chi connectivity index (χ1) is 34.1. The maximum Gasteiger partial charge on any atom is 0.160 e. The number of furan rings is 3. The first-order valence-corrected chi connectivity index (χ1v) is 23.2. The van der Waals surface area contributed by atoms with E-state index in [0.29, 0.717) is 5.82 Å². The fourth-order valence-electron chi connectivity index (χ4n) is 10.00. The van der Waals surface area contributed by atoms with Crippen molar-refractivity contribution in [1.29, 1.82) is 0 Å². The van der Waals surface area contributed by atoms with Gasteiger partial charge in [-0.05, 0) is 136 Å². The molecule has 0 spiro atoms. The Morgan fingerprint density at radius 3 is 1.07 bits per heavy atom. The normalized spacial score (nSPS) is 11.8. The van der Waals surface area contributed by atoms with Gasteiger partial charge in [0.15, 0.2) is 5.82 Å². The van der Waals surface area contributed by atoms with Gasteiger partial charge in [0.1, 0.15) is 33.5 Å². The molecular weight excluding hydrogens is 845 g/mol. The van der Waals surface area contributed by atoms with Gasteiger partial charge in [0.25, 0.3) is 0 Å². The average Bonchev–Trinajstić information content (AvgIpc) is 4.11. The van der Waals surface area contributed by atoms with Crippen molar-refractivity contribution in [2.45, 2.75) is 0 Å². The Bertz CT molecular complexity index is 4180. The van der Waals surface area contributed by atoms with Crippen LogP contribution in [-0.2, 0) is 0 Å². The van der Waals surface area contributed by atoms with E-state index in [1.807, 2.05) is 66.7 Å². The first-order valence-electron chi connectivity index (χ1n) is 23.2. The van der Waals surface area contributed by atoms with E-state index in [1.165, 1.54) is 0 Å². The molecule has 0 fully saturated rings. The van der Waals surface area contributed by atoms with Crippen molar-refractivity contribution in [3.8, 4) is 78.4 Å². The number of aromatic nitrogens is 2. The van der Waals surface area contributed by atoms with Crippen LogP contribution in [0.5, 0.6) is 0 Å². The van der Waals surface area contributed by atoms with Crippen LogP contribution in [0.2, 0.25) is 0 Å². The number of fused-ring (bicyclic) bond motifs is 9. The van der Waals surface area contributed by atoms with E-state index in [4.69, 9.17) is 23.2 Å².